The van der Waals surface area contributed by atoms with Gasteiger partial charge in [0.25, 0.3) is 0 Å². The number of nitrogen functional groups attached to an aromatic ring is 1. The Morgan fingerprint density at radius 2 is 2.20 bits per heavy atom. The van der Waals surface area contributed by atoms with Crippen LogP contribution in [0.2, 0.25) is 0 Å². The van der Waals surface area contributed by atoms with Crippen molar-refractivity contribution in [3.8, 4) is 17.1 Å². The Balaban J connectivity index is 2.68. The molecule has 0 aliphatic carbocycles. The van der Waals surface area contributed by atoms with Crippen LogP contribution in [0, 0.1) is 5.82 Å². The van der Waals surface area contributed by atoms with Gasteiger partial charge in [0.15, 0.2) is 17.3 Å². The molecule has 0 bridgehead atoms. The van der Waals surface area contributed by atoms with E-state index in [1.807, 2.05) is 0 Å². The average molecular weight is 273 g/mol. The molecule has 1 aromatic heterocycles. The number of phenols is 1. The molecule has 78 valence electrons. The average Bonchev–Trinajstić information content (AvgIpc) is 2.58. The molecule has 0 fully saturated rings. The van der Waals surface area contributed by atoms with E-state index >= 15 is 0 Å². The number of phenolic OH excluding ortho intramolecular Hbond substituents is 1. The highest BCUT2D eigenvalue weighted by atomic mass is 79.9. The van der Waals surface area contributed by atoms with Gasteiger partial charge in [-0.2, -0.15) is 0 Å². The molecule has 0 unspecified atom stereocenters. The number of benzene rings is 1. The summed E-state index contributed by atoms with van der Waals surface area (Å²) >= 11 is 3.10. The molecule has 0 atom stereocenters. The highest BCUT2D eigenvalue weighted by molar-refractivity contribution is 9.10. The molecule has 0 radical (unpaired) electrons. The molecule has 0 saturated heterocycles. The summed E-state index contributed by atoms with van der Waals surface area (Å²) in [5.41, 5.74) is 5.94. The number of hydrogen-bond acceptors (Lipinski definition) is 4. The van der Waals surface area contributed by atoms with Gasteiger partial charge in [-0.15, -0.1) is 0 Å². The zero-order valence-electron chi connectivity index (χ0n) is 7.37. The van der Waals surface area contributed by atoms with Gasteiger partial charge in [0.2, 0.25) is 0 Å². The summed E-state index contributed by atoms with van der Waals surface area (Å²) in [5, 5.41) is 12.9. The minimum atomic E-state index is -0.754. The van der Waals surface area contributed by atoms with Gasteiger partial charge in [0.05, 0.1) is 11.8 Å². The number of nitrogens with zero attached hydrogens (tertiary/aromatic N) is 1. The molecule has 6 heteroatoms. The Labute approximate surface area is 92.6 Å². The van der Waals surface area contributed by atoms with E-state index in [-0.39, 0.29) is 17.0 Å². The first kappa shape index (κ1) is 9.97. The van der Waals surface area contributed by atoms with E-state index in [0.717, 1.165) is 6.07 Å². The fraction of sp³-hybridized carbons (Fsp3) is 0. The quantitative estimate of drug-likeness (QED) is 0.837. The largest absolute Gasteiger partial charge is 0.504 e. The van der Waals surface area contributed by atoms with Crippen LogP contribution in [0.4, 0.5) is 10.1 Å². The molecule has 0 aliphatic heterocycles. The van der Waals surface area contributed by atoms with E-state index < -0.39 is 11.6 Å². The number of rotatable bonds is 1. The maximum atomic E-state index is 13.2. The smallest absolute Gasteiger partial charge is 0.193 e. The Kier molecular flexibility index (Phi) is 2.36. The van der Waals surface area contributed by atoms with Crippen molar-refractivity contribution >= 4 is 21.6 Å². The van der Waals surface area contributed by atoms with Gasteiger partial charge in [0, 0.05) is 4.47 Å². The van der Waals surface area contributed by atoms with Gasteiger partial charge < -0.3 is 15.4 Å². The summed E-state index contributed by atoms with van der Waals surface area (Å²) in [7, 11) is 0. The van der Waals surface area contributed by atoms with E-state index in [2.05, 4.69) is 21.1 Å². The summed E-state index contributed by atoms with van der Waals surface area (Å²) in [6.45, 7) is 0. The third-order valence-corrected chi connectivity index (χ3v) is 2.33. The molecule has 3 N–H and O–H groups in total. The van der Waals surface area contributed by atoms with Gasteiger partial charge in [-0.05, 0) is 12.1 Å². The monoisotopic (exact) mass is 272 g/mol. The summed E-state index contributed by atoms with van der Waals surface area (Å²) in [4.78, 5) is 0. The zero-order valence-corrected chi connectivity index (χ0v) is 8.95. The lowest BCUT2D eigenvalue weighted by Gasteiger charge is -2.03. The number of aromatic hydroxyl groups is 1. The standard InChI is InChI=1S/C9H6BrFN2O2/c10-4-1-5(8(14)6(11)2-4)9-7(12)3-13-15-9/h1-3,14H,12H2. The molecule has 2 aromatic rings. The second kappa shape index (κ2) is 3.54. The van der Waals surface area contributed by atoms with Crippen LogP contribution >= 0.6 is 15.9 Å². The van der Waals surface area contributed by atoms with Crippen molar-refractivity contribution in [2.45, 2.75) is 0 Å². The van der Waals surface area contributed by atoms with Crippen LogP contribution in [0.1, 0.15) is 0 Å². The molecule has 2 rings (SSSR count). The van der Waals surface area contributed by atoms with Crippen LogP contribution in [0.3, 0.4) is 0 Å². The lowest BCUT2D eigenvalue weighted by atomic mass is 10.1. The van der Waals surface area contributed by atoms with Crippen LogP contribution in [-0.4, -0.2) is 10.3 Å². The van der Waals surface area contributed by atoms with Gasteiger partial charge in [-0.25, -0.2) is 4.39 Å². The minimum absolute atomic E-state index is 0.146. The van der Waals surface area contributed by atoms with Crippen LogP contribution < -0.4 is 5.73 Å². The fourth-order valence-corrected chi connectivity index (χ4v) is 1.62. The molecule has 0 amide bonds. The summed E-state index contributed by atoms with van der Waals surface area (Å²) in [6.07, 6.45) is 1.29. The molecular formula is C9H6BrFN2O2. The Bertz CT molecular complexity index is 513. The van der Waals surface area contributed by atoms with E-state index in [1.54, 1.807) is 0 Å². The number of hydrogen-bond donors (Lipinski definition) is 2. The third-order valence-electron chi connectivity index (χ3n) is 1.87. The maximum Gasteiger partial charge on any atom is 0.193 e. The number of anilines is 1. The fourth-order valence-electron chi connectivity index (χ4n) is 1.19. The van der Waals surface area contributed by atoms with Crippen molar-refractivity contribution in [3.63, 3.8) is 0 Å². The number of aromatic nitrogens is 1. The molecule has 15 heavy (non-hydrogen) atoms. The number of nitrogens with two attached hydrogens (primary N) is 1. The van der Waals surface area contributed by atoms with Crippen LogP contribution in [0.5, 0.6) is 5.75 Å². The van der Waals surface area contributed by atoms with Gasteiger partial charge in [0.1, 0.15) is 5.69 Å². The minimum Gasteiger partial charge on any atom is -0.504 e. The van der Waals surface area contributed by atoms with Crippen molar-refractivity contribution in [2.75, 3.05) is 5.73 Å². The summed E-state index contributed by atoms with van der Waals surface area (Å²) in [6, 6.07) is 2.64. The van der Waals surface area contributed by atoms with E-state index in [4.69, 9.17) is 10.3 Å². The molecule has 0 saturated carbocycles. The van der Waals surface area contributed by atoms with Gasteiger partial charge >= 0.3 is 0 Å². The SMILES string of the molecule is Nc1cnoc1-c1cc(Br)cc(F)c1O. The first-order valence-electron chi connectivity index (χ1n) is 3.98. The van der Waals surface area contributed by atoms with Gasteiger partial charge in [-0.3, -0.25) is 0 Å². The Morgan fingerprint density at radius 1 is 1.47 bits per heavy atom. The highest BCUT2D eigenvalue weighted by Gasteiger charge is 2.16. The van der Waals surface area contributed by atoms with Crippen LogP contribution in [0.25, 0.3) is 11.3 Å². The maximum absolute atomic E-state index is 13.2. The summed E-state index contributed by atoms with van der Waals surface area (Å²) in [5.74, 6) is -1.12. The molecular weight excluding hydrogens is 267 g/mol. The summed E-state index contributed by atoms with van der Waals surface area (Å²) < 4.78 is 18.5. The van der Waals surface area contributed by atoms with Crippen molar-refractivity contribution < 1.29 is 14.0 Å². The predicted octanol–water partition coefficient (Wildman–Crippen LogP) is 2.53. The molecule has 1 heterocycles. The Hall–Kier alpha value is -1.56. The van der Waals surface area contributed by atoms with E-state index in [9.17, 15) is 9.50 Å². The second-order valence-corrected chi connectivity index (χ2v) is 3.81. The third kappa shape index (κ3) is 1.68. The van der Waals surface area contributed by atoms with Gasteiger partial charge in [-0.1, -0.05) is 21.1 Å². The molecule has 0 aliphatic rings. The molecule has 4 nitrogen and oxygen atoms in total. The van der Waals surface area contributed by atoms with Crippen molar-refractivity contribution in [1.29, 1.82) is 0 Å². The predicted molar refractivity (Wildman–Crippen MR) is 55.7 cm³/mol. The van der Waals surface area contributed by atoms with E-state index in [0.29, 0.717) is 4.47 Å². The topological polar surface area (TPSA) is 72.3 Å². The van der Waals surface area contributed by atoms with Crippen molar-refractivity contribution in [3.05, 3.63) is 28.6 Å². The lowest BCUT2D eigenvalue weighted by molar-refractivity contribution is 0.415. The van der Waals surface area contributed by atoms with Crippen LogP contribution in [-0.2, 0) is 0 Å². The first-order chi connectivity index (χ1) is 7.09. The normalized spacial score (nSPS) is 10.5. The molecule has 1 aromatic carbocycles. The first-order valence-corrected chi connectivity index (χ1v) is 4.77. The second-order valence-electron chi connectivity index (χ2n) is 2.89. The van der Waals surface area contributed by atoms with Crippen molar-refractivity contribution in [2.24, 2.45) is 0 Å². The van der Waals surface area contributed by atoms with Crippen LogP contribution in [0.15, 0.2) is 27.3 Å². The van der Waals surface area contributed by atoms with Crippen molar-refractivity contribution in [1.82, 2.24) is 5.16 Å². The lowest BCUT2D eigenvalue weighted by Crippen LogP contribution is -1.87. The number of halogens is 2. The van der Waals surface area contributed by atoms with E-state index in [1.165, 1.54) is 12.3 Å². The Morgan fingerprint density at radius 3 is 2.80 bits per heavy atom. The highest BCUT2D eigenvalue weighted by Crippen LogP contribution is 2.36. The zero-order chi connectivity index (χ0) is 11.0. The molecule has 0 spiro atoms.